The van der Waals surface area contributed by atoms with Gasteiger partial charge in [-0.15, -0.1) is 0 Å². The third-order valence-electron chi connectivity index (χ3n) is 5.49. The highest BCUT2D eigenvalue weighted by Crippen LogP contribution is 2.15. The molecule has 0 heterocycles. The summed E-state index contributed by atoms with van der Waals surface area (Å²) in [4.78, 5) is 48.6. The van der Waals surface area contributed by atoms with Crippen molar-refractivity contribution in [3.63, 3.8) is 0 Å². The van der Waals surface area contributed by atoms with Crippen LogP contribution in [0.2, 0.25) is 0 Å². The van der Waals surface area contributed by atoms with Crippen molar-refractivity contribution in [2.24, 2.45) is 5.92 Å². The topological polar surface area (TPSA) is 125 Å². The number of carbonyl (C=O) groups excluding carboxylic acids is 3. The van der Waals surface area contributed by atoms with Gasteiger partial charge in [0, 0.05) is 32.4 Å². The number of aliphatic carboxylic acids is 1. The quantitative estimate of drug-likeness (QED) is 0.339. The normalized spacial score (nSPS) is 12.3. The second-order valence-electron chi connectivity index (χ2n) is 8.14. The number of rotatable bonds is 14. The monoisotopic (exact) mass is 467 g/mol. The molecule has 2 aromatic rings. The summed E-state index contributed by atoms with van der Waals surface area (Å²) in [7, 11) is 1.48. The van der Waals surface area contributed by atoms with Crippen LogP contribution >= 0.6 is 0 Å². The van der Waals surface area contributed by atoms with Gasteiger partial charge in [0.2, 0.25) is 17.7 Å². The SMILES string of the molecule is CNC(=O)[C@H](Cc1ccccc1)NC(=O)[C@H](CCCC(=O)NCCc1ccccc1)CC(=O)O. The zero-order valence-electron chi connectivity index (χ0n) is 19.5. The molecule has 4 N–H and O–H groups in total. The molecule has 0 spiro atoms. The summed E-state index contributed by atoms with van der Waals surface area (Å²) in [5, 5.41) is 17.3. The van der Waals surface area contributed by atoms with E-state index in [9.17, 15) is 24.3 Å². The summed E-state index contributed by atoms with van der Waals surface area (Å²) in [6.45, 7) is 0.509. The molecule has 34 heavy (non-hydrogen) atoms. The largest absolute Gasteiger partial charge is 0.481 e. The van der Waals surface area contributed by atoms with Crippen LogP contribution in [0.5, 0.6) is 0 Å². The van der Waals surface area contributed by atoms with Crippen LogP contribution in [0.4, 0.5) is 0 Å². The van der Waals surface area contributed by atoms with Crippen LogP contribution in [0.25, 0.3) is 0 Å². The van der Waals surface area contributed by atoms with E-state index >= 15 is 0 Å². The smallest absolute Gasteiger partial charge is 0.304 e. The highest BCUT2D eigenvalue weighted by atomic mass is 16.4. The van der Waals surface area contributed by atoms with Gasteiger partial charge in [-0.2, -0.15) is 0 Å². The lowest BCUT2D eigenvalue weighted by Gasteiger charge is -2.21. The Labute approximate surface area is 200 Å². The van der Waals surface area contributed by atoms with E-state index in [2.05, 4.69) is 16.0 Å². The minimum Gasteiger partial charge on any atom is -0.481 e. The Morgan fingerprint density at radius 1 is 0.882 bits per heavy atom. The van der Waals surface area contributed by atoms with Crippen molar-refractivity contribution in [1.82, 2.24) is 16.0 Å². The maximum Gasteiger partial charge on any atom is 0.304 e. The Morgan fingerprint density at radius 2 is 1.50 bits per heavy atom. The third-order valence-corrected chi connectivity index (χ3v) is 5.49. The number of hydrogen-bond donors (Lipinski definition) is 4. The molecule has 0 aromatic heterocycles. The van der Waals surface area contributed by atoms with Crippen LogP contribution in [0.1, 0.15) is 36.8 Å². The van der Waals surface area contributed by atoms with E-state index in [4.69, 9.17) is 0 Å². The molecule has 0 aliphatic rings. The Morgan fingerprint density at radius 3 is 2.09 bits per heavy atom. The first kappa shape index (κ1) is 26.6. The molecule has 0 aliphatic heterocycles. The van der Waals surface area contributed by atoms with Crippen molar-refractivity contribution < 1.29 is 24.3 Å². The standard InChI is InChI=1S/C26H33N3O5/c1-27-26(34)22(17-20-11-6-3-7-12-20)29-25(33)21(18-24(31)32)13-8-14-23(30)28-16-15-19-9-4-2-5-10-19/h2-7,9-12,21-22H,8,13-18H2,1H3,(H,27,34)(H,28,30)(H,29,33)(H,31,32)/t21-,22+/m1/s1. The van der Waals surface area contributed by atoms with Crippen molar-refractivity contribution >= 4 is 23.7 Å². The van der Waals surface area contributed by atoms with Gasteiger partial charge in [0.25, 0.3) is 0 Å². The molecule has 2 rings (SSSR count). The van der Waals surface area contributed by atoms with Crippen LogP contribution < -0.4 is 16.0 Å². The molecule has 0 radical (unpaired) electrons. The fourth-order valence-corrected chi connectivity index (χ4v) is 3.65. The third kappa shape index (κ3) is 9.85. The molecule has 2 aromatic carbocycles. The molecule has 0 saturated carbocycles. The van der Waals surface area contributed by atoms with Gasteiger partial charge >= 0.3 is 5.97 Å². The molecule has 0 fully saturated rings. The van der Waals surface area contributed by atoms with Crippen LogP contribution in [-0.4, -0.2) is 48.4 Å². The molecule has 3 amide bonds. The average molecular weight is 468 g/mol. The van der Waals surface area contributed by atoms with Gasteiger partial charge in [-0.25, -0.2) is 0 Å². The summed E-state index contributed by atoms with van der Waals surface area (Å²) in [6.07, 6.45) is 1.44. The van der Waals surface area contributed by atoms with E-state index < -0.39 is 23.8 Å². The van der Waals surface area contributed by atoms with Crippen LogP contribution in [0.15, 0.2) is 60.7 Å². The molecule has 0 unspecified atom stereocenters. The van der Waals surface area contributed by atoms with Crippen molar-refractivity contribution in [2.45, 2.75) is 44.6 Å². The fourth-order valence-electron chi connectivity index (χ4n) is 3.65. The number of benzene rings is 2. The second-order valence-corrected chi connectivity index (χ2v) is 8.14. The first-order chi connectivity index (χ1) is 16.4. The van der Waals surface area contributed by atoms with Crippen molar-refractivity contribution in [1.29, 1.82) is 0 Å². The highest BCUT2D eigenvalue weighted by Gasteiger charge is 2.27. The van der Waals surface area contributed by atoms with Gasteiger partial charge in [0.15, 0.2) is 0 Å². The van der Waals surface area contributed by atoms with Crippen LogP contribution in [-0.2, 0) is 32.0 Å². The van der Waals surface area contributed by atoms with Gasteiger partial charge in [-0.05, 0) is 30.4 Å². The summed E-state index contributed by atoms with van der Waals surface area (Å²) < 4.78 is 0. The van der Waals surface area contributed by atoms with Gasteiger partial charge in [-0.1, -0.05) is 60.7 Å². The number of hydrogen-bond acceptors (Lipinski definition) is 4. The van der Waals surface area contributed by atoms with Gasteiger partial charge in [0.1, 0.15) is 6.04 Å². The van der Waals surface area contributed by atoms with Crippen molar-refractivity contribution in [2.75, 3.05) is 13.6 Å². The summed E-state index contributed by atoms with van der Waals surface area (Å²) in [5.41, 5.74) is 2.00. The number of carbonyl (C=O) groups is 4. The lowest BCUT2D eigenvalue weighted by molar-refractivity contribution is -0.141. The van der Waals surface area contributed by atoms with Gasteiger partial charge in [0.05, 0.1) is 6.42 Å². The first-order valence-corrected chi connectivity index (χ1v) is 11.5. The number of likely N-dealkylation sites (N-methyl/N-ethyl adjacent to an activating group) is 1. The Balaban J connectivity index is 1.86. The predicted molar refractivity (Wildman–Crippen MR) is 129 cm³/mol. The Kier molecular flexibility index (Phi) is 11.3. The molecular weight excluding hydrogens is 434 g/mol. The van der Waals surface area contributed by atoms with E-state index in [-0.39, 0.29) is 37.5 Å². The van der Waals surface area contributed by atoms with E-state index in [1.807, 2.05) is 60.7 Å². The Bertz CT molecular complexity index is 934. The van der Waals surface area contributed by atoms with Gasteiger partial charge < -0.3 is 21.1 Å². The van der Waals surface area contributed by atoms with Gasteiger partial charge in [-0.3, -0.25) is 19.2 Å². The minimum absolute atomic E-state index is 0.141. The molecule has 0 saturated heterocycles. The molecule has 8 heteroatoms. The average Bonchev–Trinajstić information content (AvgIpc) is 2.83. The predicted octanol–water partition coefficient (Wildman–Crippen LogP) is 2.08. The summed E-state index contributed by atoms with van der Waals surface area (Å²) >= 11 is 0. The molecule has 8 nitrogen and oxygen atoms in total. The number of carboxylic acids is 1. The van der Waals surface area contributed by atoms with Crippen molar-refractivity contribution in [3.8, 4) is 0 Å². The fraction of sp³-hybridized carbons (Fsp3) is 0.385. The minimum atomic E-state index is -1.10. The lowest BCUT2D eigenvalue weighted by atomic mass is 9.96. The maximum absolute atomic E-state index is 12.8. The molecular formula is C26H33N3O5. The van der Waals surface area contributed by atoms with E-state index in [0.717, 1.165) is 17.5 Å². The Hall–Kier alpha value is -3.68. The zero-order valence-corrected chi connectivity index (χ0v) is 19.5. The number of amides is 3. The van der Waals surface area contributed by atoms with Crippen molar-refractivity contribution in [3.05, 3.63) is 71.8 Å². The molecule has 0 aliphatic carbocycles. The molecule has 182 valence electrons. The van der Waals surface area contributed by atoms with Crippen LogP contribution in [0.3, 0.4) is 0 Å². The highest BCUT2D eigenvalue weighted by molar-refractivity contribution is 5.90. The van der Waals surface area contributed by atoms with E-state index in [1.165, 1.54) is 7.05 Å². The van der Waals surface area contributed by atoms with E-state index in [0.29, 0.717) is 13.0 Å². The van der Waals surface area contributed by atoms with Crippen LogP contribution in [0, 0.1) is 5.92 Å². The lowest BCUT2D eigenvalue weighted by Crippen LogP contribution is -2.49. The first-order valence-electron chi connectivity index (χ1n) is 11.5. The summed E-state index contributed by atoms with van der Waals surface area (Å²) in [5.74, 6) is -2.94. The molecule has 0 bridgehead atoms. The molecule has 2 atom stereocenters. The van der Waals surface area contributed by atoms with E-state index in [1.54, 1.807) is 0 Å². The number of carboxylic acid groups (broad SMARTS) is 1. The number of nitrogens with one attached hydrogen (secondary N) is 3. The summed E-state index contributed by atoms with van der Waals surface area (Å²) in [6, 6.07) is 18.2. The maximum atomic E-state index is 12.8. The zero-order chi connectivity index (χ0) is 24.8. The second kappa shape index (κ2) is 14.5.